The fourth-order valence-corrected chi connectivity index (χ4v) is 4.73. The fourth-order valence-electron chi connectivity index (χ4n) is 3.13. The fraction of sp³-hybridized carbons (Fsp3) is 0.417. The van der Waals surface area contributed by atoms with E-state index in [1.165, 1.54) is 11.8 Å². The van der Waals surface area contributed by atoms with E-state index in [4.69, 9.17) is 23.2 Å². The van der Waals surface area contributed by atoms with E-state index < -0.39 is 11.6 Å². The number of nitrogens with zero attached hydrogens (tertiary/aromatic N) is 1. The van der Waals surface area contributed by atoms with Crippen LogP contribution < -0.4 is 5.32 Å². The van der Waals surface area contributed by atoms with E-state index in [1.807, 2.05) is 52.0 Å². The summed E-state index contributed by atoms with van der Waals surface area (Å²) < 4.78 is 1.02. The van der Waals surface area contributed by atoms with Crippen LogP contribution in [0.3, 0.4) is 0 Å². The number of halogens is 3. The average Bonchev–Trinajstić information content (AvgIpc) is 2.69. The molecule has 8 heteroatoms. The number of carbonyl (C=O) groups is 2. The van der Waals surface area contributed by atoms with Gasteiger partial charge in [-0.1, -0.05) is 64.3 Å². The molecule has 0 bridgehead atoms. The maximum absolute atomic E-state index is 13.3. The Morgan fingerprint density at radius 2 is 1.78 bits per heavy atom. The lowest BCUT2D eigenvalue weighted by Crippen LogP contribution is -2.53. The van der Waals surface area contributed by atoms with Crippen molar-refractivity contribution in [2.45, 2.75) is 58.0 Å². The van der Waals surface area contributed by atoms with Gasteiger partial charge in [0.2, 0.25) is 11.8 Å². The number of thioether (sulfide) groups is 1. The predicted molar refractivity (Wildman–Crippen MR) is 139 cm³/mol. The van der Waals surface area contributed by atoms with Gasteiger partial charge in [0.05, 0.1) is 5.75 Å². The van der Waals surface area contributed by atoms with Gasteiger partial charge in [-0.15, -0.1) is 11.8 Å². The molecule has 0 saturated heterocycles. The average molecular weight is 560 g/mol. The van der Waals surface area contributed by atoms with E-state index in [0.717, 1.165) is 15.6 Å². The molecule has 174 valence electrons. The minimum absolute atomic E-state index is 0.103. The lowest BCUT2D eigenvalue weighted by Gasteiger charge is -2.33. The first-order valence-corrected chi connectivity index (χ1v) is 13.1. The van der Waals surface area contributed by atoms with Crippen LogP contribution in [-0.2, 0) is 21.9 Å². The lowest BCUT2D eigenvalue weighted by atomic mass is 10.1. The zero-order valence-electron chi connectivity index (χ0n) is 18.8. The third-order valence-corrected chi connectivity index (χ3v) is 6.75. The third kappa shape index (κ3) is 8.62. The quantitative estimate of drug-likeness (QED) is 0.371. The molecule has 2 aromatic carbocycles. The summed E-state index contributed by atoms with van der Waals surface area (Å²) in [5, 5.41) is 4.01. The van der Waals surface area contributed by atoms with Crippen LogP contribution in [0.15, 0.2) is 46.9 Å². The van der Waals surface area contributed by atoms with Crippen molar-refractivity contribution in [2.24, 2.45) is 0 Å². The lowest BCUT2D eigenvalue weighted by molar-refractivity contribution is -0.140. The van der Waals surface area contributed by atoms with Gasteiger partial charge < -0.3 is 10.2 Å². The molecule has 0 fully saturated rings. The van der Waals surface area contributed by atoms with E-state index >= 15 is 0 Å². The second kappa shape index (κ2) is 12.3. The number of carbonyl (C=O) groups excluding carboxylic acids is 2. The second-order valence-electron chi connectivity index (χ2n) is 8.54. The number of amides is 2. The van der Waals surface area contributed by atoms with Gasteiger partial charge in [-0.3, -0.25) is 9.59 Å². The highest BCUT2D eigenvalue weighted by Gasteiger charge is 2.30. The molecular weight excluding hydrogens is 531 g/mol. The summed E-state index contributed by atoms with van der Waals surface area (Å²) >= 11 is 17.4. The van der Waals surface area contributed by atoms with Crippen LogP contribution in [0.5, 0.6) is 0 Å². The van der Waals surface area contributed by atoms with E-state index in [1.54, 1.807) is 23.1 Å². The number of hydrogen-bond donors (Lipinski definition) is 1. The molecule has 2 rings (SSSR count). The van der Waals surface area contributed by atoms with E-state index in [2.05, 4.69) is 21.2 Å². The highest BCUT2D eigenvalue weighted by molar-refractivity contribution is 9.10. The number of rotatable bonds is 9. The van der Waals surface area contributed by atoms with Gasteiger partial charge in [0, 0.05) is 32.4 Å². The van der Waals surface area contributed by atoms with Crippen LogP contribution in [0.2, 0.25) is 10.0 Å². The highest BCUT2D eigenvalue weighted by Crippen LogP contribution is 2.25. The second-order valence-corrected chi connectivity index (χ2v) is 11.3. The Labute approximate surface area is 213 Å². The third-order valence-electron chi connectivity index (χ3n) is 4.65. The van der Waals surface area contributed by atoms with Crippen LogP contribution in [-0.4, -0.2) is 34.0 Å². The Bertz CT molecular complexity index is 933. The van der Waals surface area contributed by atoms with Crippen molar-refractivity contribution in [3.63, 3.8) is 0 Å². The molecule has 0 heterocycles. The molecular formula is C24H29BrCl2N2O2S. The van der Waals surface area contributed by atoms with E-state index in [9.17, 15) is 9.59 Å². The van der Waals surface area contributed by atoms with E-state index in [0.29, 0.717) is 22.2 Å². The zero-order chi connectivity index (χ0) is 23.9. The predicted octanol–water partition coefficient (Wildman–Crippen LogP) is 6.71. The van der Waals surface area contributed by atoms with Crippen LogP contribution in [0, 0.1) is 0 Å². The van der Waals surface area contributed by atoms with Crippen LogP contribution in [0.25, 0.3) is 0 Å². The number of hydrogen-bond acceptors (Lipinski definition) is 3. The Balaban J connectivity index is 2.19. The smallest absolute Gasteiger partial charge is 0.243 e. The number of benzene rings is 2. The van der Waals surface area contributed by atoms with Gasteiger partial charge >= 0.3 is 0 Å². The van der Waals surface area contributed by atoms with Crippen molar-refractivity contribution >= 4 is 62.7 Å². The van der Waals surface area contributed by atoms with Gasteiger partial charge in [0.1, 0.15) is 6.04 Å². The largest absolute Gasteiger partial charge is 0.350 e. The van der Waals surface area contributed by atoms with Crippen molar-refractivity contribution in [3.8, 4) is 0 Å². The molecule has 0 aliphatic heterocycles. The van der Waals surface area contributed by atoms with Crippen LogP contribution in [0.1, 0.15) is 45.2 Å². The Hall–Kier alpha value is -1.21. The van der Waals surface area contributed by atoms with Crippen molar-refractivity contribution in [2.75, 3.05) is 5.75 Å². The maximum Gasteiger partial charge on any atom is 0.243 e. The van der Waals surface area contributed by atoms with Crippen molar-refractivity contribution < 1.29 is 9.59 Å². The first-order chi connectivity index (χ1) is 15.0. The zero-order valence-corrected chi connectivity index (χ0v) is 22.7. The Kier molecular flexibility index (Phi) is 10.4. The maximum atomic E-state index is 13.3. The van der Waals surface area contributed by atoms with Crippen molar-refractivity contribution in [3.05, 3.63) is 68.1 Å². The van der Waals surface area contributed by atoms with Gasteiger partial charge in [-0.05, 0) is 62.6 Å². The molecule has 0 unspecified atom stereocenters. The molecule has 32 heavy (non-hydrogen) atoms. The molecule has 2 aromatic rings. The summed E-state index contributed by atoms with van der Waals surface area (Å²) in [6.45, 7) is 7.92. The minimum atomic E-state index is -0.596. The molecule has 2 amide bonds. The Morgan fingerprint density at radius 1 is 1.12 bits per heavy atom. The van der Waals surface area contributed by atoms with Gasteiger partial charge in [-0.2, -0.15) is 0 Å². The topological polar surface area (TPSA) is 49.4 Å². The molecule has 4 nitrogen and oxygen atoms in total. The molecule has 0 aliphatic carbocycles. The molecule has 0 aromatic heterocycles. The first kappa shape index (κ1) is 27.0. The molecule has 0 spiro atoms. The molecule has 0 radical (unpaired) electrons. The monoisotopic (exact) mass is 558 g/mol. The molecule has 1 atom stereocenters. The first-order valence-electron chi connectivity index (χ1n) is 10.4. The summed E-state index contributed by atoms with van der Waals surface area (Å²) in [5.41, 5.74) is 1.49. The number of nitrogens with one attached hydrogen (secondary N) is 1. The highest BCUT2D eigenvalue weighted by atomic mass is 79.9. The Morgan fingerprint density at radius 3 is 2.34 bits per heavy atom. The standard InChI is InChI=1S/C24H29BrCl2N2O2S/c1-5-21(23(31)28-24(2,3)4)29(13-17-8-11-19(26)12-20(17)27)22(30)15-32-14-16-6-9-18(25)10-7-16/h6-12,21H,5,13-15H2,1-4H3,(H,28,31)/t21-/m0/s1. The molecule has 0 aliphatic rings. The summed E-state index contributed by atoms with van der Waals surface area (Å²) in [4.78, 5) is 27.9. The van der Waals surface area contributed by atoms with Gasteiger partial charge in [-0.25, -0.2) is 0 Å². The van der Waals surface area contributed by atoms with Crippen LogP contribution in [0.4, 0.5) is 0 Å². The van der Waals surface area contributed by atoms with Gasteiger partial charge in [0.15, 0.2) is 0 Å². The summed E-state index contributed by atoms with van der Waals surface area (Å²) in [6, 6.07) is 12.6. The molecule has 0 saturated carbocycles. The van der Waals surface area contributed by atoms with Gasteiger partial charge in [0.25, 0.3) is 0 Å². The summed E-state index contributed by atoms with van der Waals surface area (Å²) in [6.07, 6.45) is 0.496. The normalized spacial score (nSPS) is 12.3. The van der Waals surface area contributed by atoms with Crippen LogP contribution >= 0.6 is 50.9 Å². The SMILES string of the molecule is CC[C@@H](C(=O)NC(C)(C)C)N(Cc1ccc(Cl)cc1Cl)C(=O)CSCc1ccc(Br)cc1. The summed E-state index contributed by atoms with van der Waals surface area (Å²) in [7, 11) is 0. The summed E-state index contributed by atoms with van der Waals surface area (Å²) in [5.74, 6) is 0.700. The molecule has 1 N–H and O–H groups in total. The van der Waals surface area contributed by atoms with Crippen molar-refractivity contribution in [1.29, 1.82) is 0 Å². The van der Waals surface area contributed by atoms with E-state index in [-0.39, 0.29) is 24.1 Å². The minimum Gasteiger partial charge on any atom is -0.350 e. The van der Waals surface area contributed by atoms with Crippen molar-refractivity contribution in [1.82, 2.24) is 10.2 Å².